The molecule has 0 heterocycles. The molecule has 2 nitrogen and oxygen atoms in total. The van der Waals surface area contributed by atoms with E-state index in [0.29, 0.717) is 23.3 Å². The second kappa shape index (κ2) is 13.9. The van der Waals surface area contributed by atoms with Gasteiger partial charge in [0, 0.05) is 0 Å². The van der Waals surface area contributed by atoms with E-state index in [1.54, 1.807) is 24.3 Å². The molecule has 0 saturated carbocycles. The third-order valence-electron chi connectivity index (χ3n) is 3.12. The second-order valence-electron chi connectivity index (χ2n) is 5.49. The van der Waals surface area contributed by atoms with E-state index >= 15 is 0 Å². The molecule has 2 aromatic carbocycles. The van der Waals surface area contributed by atoms with Crippen molar-refractivity contribution in [1.82, 2.24) is 0 Å². The van der Waals surface area contributed by atoms with E-state index in [1.807, 2.05) is 24.3 Å². The van der Waals surface area contributed by atoms with Gasteiger partial charge in [0.1, 0.15) is 11.5 Å². The Morgan fingerprint density at radius 1 is 0.565 bits per heavy atom. The van der Waals surface area contributed by atoms with Gasteiger partial charge in [-0.1, -0.05) is 52.0 Å². The number of phenols is 2. The van der Waals surface area contributed by atoms with Crippen molar-refractivity contribution in [3.05, 3.63) is 59.7 Å². The van der Waals surface area contributed by atoms with Crippen molar-refractivity contribution in [2.75, 3.05) is 0 Å². The van der Waals surface area contributed by atoms with Gasteiger partial charge in [0.15, 0.2) is 0 Å². The first-order valence-electron chi connectivity index (χ1n) is 6.98. The van der Waals surface area contributed by atoms with Crippen molar-refractivity contribution in [1.29, 1.82) is 0 Å². The van der Waals surface area contributed by atoms with Crippen LogP contribution in [0.15, 0.2) is 48.5 Å². The number of halogens is 2. The SMILES string of the molecule is CC(C)c1ccc(O)cc1.CC(C)c1ccc(O)cc1.[Cl-].[Cl-].[Zr+2]. The molecule has 0 aliphatic rings. The fourth-order valence-corrected chi connectivity index (χ4v) is 1.72. The molecule has 2 rings (SSSR count). The molecule has 23 heavy (non-hydrogen) atoms. The van der Waals surface area contributed by atoms with Crippen LogP contribution in [-0.2, 0) is 26.2 Å². The van der Waals surface area contributed by atoms with Crippen LogP contribution in [0.2, 0.25) is 0 Å². The number of hydrogen-bond donors (Lipinski definition) is 2. The molecule has 0 unspecified atom stereocenters. The summed E-state index contributed by atoms with van der Waals surface area (Å²) in [5.41, 5.74) is 2.52. The molecule has 0 saturated heterocycles. The van der Waals surface area contributed by atoms with Crippen LogP contribution in [0.1, 0.15) is 50.7 Å². The molecule has 0 aliphatic carbocycles. The van der Waals surface area contributed by atoms with Gasteiger partial charge in [-0.05, 0) is 47.2 Å². The van der Waals surface area contributed by atoms with Gasteiger partial charge in [-0.25, -0.2) is 0 Å². The summed E-state index contributed by atoms with van der Waals surface area (Å²) >= 11 is 0. The van der Waals surface area contributed by atoms with E-state index in [-0.39, 0.29) is 51.0 Å². The van der Waals surface area contributed by atoms with E-state index in [0.717, 1.165) is 0 Å². The quantitative estimate of drug-likeness (QED) is 0.639. The van der Waals surface area contributed by atoms with Crippen molar-refractivity contribution in [2.45, 2.75) is 39.5 Å². The molecule has 0 aliphatic heterocycles. The molecule has 2 aromatic rings. The summed E-state index contributed by atoms with van der Waals surface area (Å²) in [6.07, 6.45) is 0. The molecule has 0 fully saturated rings. The van der Waals surface area contributed by atoms with Crippen LogP contribution in [0.4, 0.5) is 0 Å². The normalized spacial score (nSPS) is 8.96. The third-order valence-corrected chi connectivity index (χ3v) is 3.12. The minimum atomic E-state index is 0. The molecule has 0 bridgehead atoms. The van der Waals surface area contributed by atoms with Gasteiger partial charge in [0.25, 0.3) is 0 Å². The van der Waals surface area contributed by atoms with E-state index in [9.17, 15) is 0 Å². The number of hydrogen-bond acceptors (Lipinski definition) is 2. The van der Waals surface area contributed by atoms with E-state index in [4.69, 9.17) is 10.2 Å². The van der Waals surface area contributed by atoms with Crippen LogP contribution in [0, 0.1) is 0 Å². The smallest absolute Gasteiger partial charge is 1.00 e. The predicted molar refractivity (Wildman–Crippen MR) is 84.4 cm³/mol. The van der Waals surface area contributed by atoms with Crippen molar-refractivity contribution in [2.24, 2.45) is 0 Å². The van der Waals surface area contributed by atoms with Crippen LogP contribution >= 0.6 is 0 Å². The van der Waals surface area contributed by atoms with Crippen LogP contribution < -0.4 is 24.8 Å². The Bertz CT molecular complexity index is 462. The molecule has 0 aromatic heterocycles. The van der Waals surface area contributed by atoms with Crippen LogP contribution in [0.25, 0.3) is 0 Å². The van der Waals surface area contributed by atoms with E-state index in [2.05, 4.69) is 27.7 Å². The summed E-state index contributed by atoms with van der Waals surface area (Å²) in [5, 5.41) is 17.9. The van der Waals surface area contributed by atoms with E-state index < -0.39 is 0 Å². The molecule has 126 valence electrons. The average molecular weight is 435 g/mol. The Hall–Kier alpha value is -0.497. The molecule has 5 heteroatoms. The van der Waals surface area contributed by atoms with Gasteiger partial charge in [0.05, 0.1) is 0 Å². The monoisotopic (exact) mass is 432 g/mol. The Balaban J connectivity index is -0.000000308. The summed E-state index contributed by atoms with van der Waals surface area (Å²) in [6, 6.07) is 14.6. The minimum Gasteiger partial charge on any atom is -1.00 e. The van der Waals surface area contributed by atoms with Crippen molar-refractivity contribution in [3.8, 4) is 11.5 Å². The zero-order valence-corrected chi connectivity index (χ0v) is 17.9. The Labute approximate surface area is 171 Å². The summed E-state index contributed by atoms with van der Waals surface area (Å²) in [7, 11) is 0. The standard InChI is InChI=1S/2C9H12O.2ClH.Zr/c2*1-7(2)8-3-5-9(10)6-4-8;;;/h2*3-7,10H,1-2H3;2*1H;/q;;;;+2/p-2. The fraction of sp³-hybridized carbons (Fsp3) is 0.333. The maximum atomic E-state index is 8.94. The van der Waals surface area contributed by atoms with Gasteiger partial charge in [-0.15, -0.1) is 0 Å². The number of rotatable bonds is 2. The summed E-state index contributed by atoms with van der Waals surface area (Å²) in [5.74, 6) is 1.76. The molecule has 0 spiro atoms. The number of aromatic hydroxyl groups is 2. The zero-order chi connectivity index (χ0) is 15.1. The van der Waals surface area contributed by atoms with Gasteiger partial charge in [-0.2, -0.15) is 0 Å². The molecular weight excluding hydrogens is 410 g/mol. The summed E-state index contributed by atoms with van der Waals surface area (Å²) in [6.45, 7) is 8.53. The van der Waals surface area contributed by atoms with Crippen LogP contribution in [-0.4, -0.2) is 10.2 Å². The predicted octanol–water partition coefficient (Wildman–Crippen LogP) is -0.963. The zero-order valence-electron chi connectivity index (χ0n) is 13.9. The second-order valence-corrected chi connectivity index (χ2v) is 5.49. The number of benzene rings is 2. The largest absolute Gasteiger partial charge is 2.00 e. The first kappa shape index (κ1) is 27.4. The van der Waals surface area contributed by atoms with Gasteiger partial charge >= 0.3 is 26.2 Å². The number of phenolic OH excluding ortho intramolecular Hbond substituents is 2. The van der Waals surface area contributed by atoms with Crippen LogP contribution in [0.3, 0.4) is 0 Å². The topological polar surface area (TPSA) is 40.5 Å². The fourth-order valence-electron chi connectivity index (χ4n) is 1.72. The Kier molecular flexibility index (Phi) is 16.5. The van der Waals surface area contributed by atoms with E-state index in [1.165, 1.54) is 11.1 Å². The summed E-state index contributed by atoms with van der Waals surface area (Å²) < 4.78 is 0. The summed E-state index contributed by atoms with van der Waals surface area (Å²) in [4.78, 5) is 0. The third kappa shape index (κ3) is 10.8. The molecule has 0 radical (unpaired) electrons. The first-order chi connectivity index (χ1) is 9.40. The van der Waals surface area contributed by atoms with Crippen molar-refractivity contribution in [3.63, 3.8) is 0 Å². The molecular formula is C18H24Cl2O2Zr. The Morgan fingerprint density at radius 3 is 0.957 bits per heavy atom. The molecule has 0 amide bonds. The molecule has 2 N–H and O–H groups in total. The average Bonchev–Trinajstić information content (AvgIpc) is 2.40. The Morgan fingerprint density at radius 2 is 0.783 bits per heavy atom. The van der Waals surface area contributed by atoms with Crippen molar-refractivity contribution >= 4 is 0 Å². The minimum absolute atomic E-state index is 0. The van der Waals surface area contributed by atoms with Gasteiger partial charge in [0.2, 0.25) is 0 Å². The van der Waals surface area contributed by atoms with Gasteiger partial charge in [-0.3, -0.25) is 0 Å². The maximum absolute atomic E-state index is 8.94. The van der Waals surface area contributed by atoms with Crippen LogP contribution in [0.5, 0.6) is 11.5 Å². The van der Waals surface area contributed by atoms with Gasteiger partial charge < -0.3 is 35.0 Å². The van der Waals surface area contributed by atoms with Crippen molar-refractivity contribution < 1.29 is 61.2 Å². The molecule has 0 atom stereocenters. The first-order valence-corrected chi connectivity index (χ1v) is 6.98. The maximum Gasteiger partial charge on any atom is 2.00 e.